The highest BCUT2D eigenvalue weighted by Crippen LogP contribution is 1.98. The molecule has 11 heavy (non-hydrogen) atoms. The number of rotatable bonds is 4. The molecular formula is C8H18N2O. The smallest absolute Gasteiger partial charge is 0.0613 e. The molecule has 2 unspecified atom stereocenters. The average molecular weight is 158 g/mol. The first kappa shape index (κ1) is 8.97. The molecule has 0 aromatic heterocycles. The standard InChI is InChI=1S/C8H18N2O/c1-7(6-11-2)10-8-3-4-9-5-8/h7-10H,3-6H2,1-2H3. The van der Waals surface area contributed by atoms with E-state index in [-0.39, 0.29) is 0 Å². The molecule has 0 bridgehead atoms. The van der Waals surface area contributed by atoms with Crippen molar-refractivity contribution < 1.29 is 4.74 Å². The minimum absolute atomic E-state index is 0.477. The van der Waals surface area contributed by atoms with Crippen molar-refractivity contribution in [2.45, 2.75) is 25.4 Å². The van der Waals surface area contributed by atoms with Gasteiger partial charge in [0, 0.05) is 25.7 Å². The van der Waals surface area contributed by atoms with Gasteiger partial charge in [0.15, 0.2) is 0 Å². The predicted octanol–water partition coefficient (Wildman–Crippen LogP) is -0.0272. The van der Waals surface area contributed by atoms with Crippen LogP contribution in [0.3, 0.4) is 0 Å². The third-order valence-corrected chi connectivity index (χ3v) is 2.00. The maximum absolute atomic E-state index is 5.03. The summed E-state index contributed by atoms with van der Waals surface area (Å²) in [7, 11) is 1.74. The molecule has 3 heteroatoms. The summed E-state index contributed by atoms with van der Waals surface area (Å²) >= 11 is 0. The van der Waals surface area contributed by atoms with Gasteiger partial charge in [0.1, 0.15) is 0 Å². The Morgan fingerprint density at radius 3 is 3.09 bits per heavy atom. The number of methoxy groups -OCH3 is 1. The van der Waals surface area contributed by atoms with Crippen molar-refractivity contribution in [1.82, 2.24) is 10.6 Å². The minimum Gasteiger partial charge on any atom is -0.383 e. The molecule has 1 rings (SSSR count). The van der Waals surface area contributed by atoms with Crippen LogP contribution in [0.4, 0.5) is 0 Å². The molecule has 0 amide bonds. The van der Waals surface area contributed by atoms with Gasteiger partial charge >= 0.3 is 0 Å². The predicted molar refractivity (Wildman–Crippen MR) is 45.7 cm³/mol. The van der Waals surface area contributed by atoms with Gasteiger partial charge < -0.3 is 15.4 Å². The van der Waals surface area contributed by atoms with Gasteiger partial charge in [0.05, 0.1) is 6.61 Å². The van der Waals surface area contributed by atoms with E-state index in [1.54, 1.807) is 7.11 Å². The zero-order valence-corrected chi connectivity index (χ0v) is 7.39. The first-order valence-electron chi connectivity index (χ1n) is 4.28. The summed E-state index contributed by atoms with van der Waals surface area (Å²) in [4.78, 5) is 0. The lowest BCUT2D eigenvalue weighted by Gasteiger charge is -2.17. The number of ether oxygens (including phenoxy) is 1. The third kappa shape index (κ3) is 3.18. The van der Waals surface area contributed by atoms with Crippen LogP contribution in [0.15, 0.2) is 0 Å². The molecule has 0 radical (unpaired) electrons. The summed E-state index contributed by atoms with van der Waals surface area (Å²) in [5.41, 5.74) is 0. The van der Waals surface area contributed by atoms with Crippen LogP contribution in [0.2, 0.25) is 0 Å². The Morgan fingerprint density at radius 1 is 1.73 bits per heavy atom. The summed E-state index contributed by atoms with van der Waals surface area (Å²) < 4.78 is 5.03. The van der Waals surface area contributed by atoms with E-state index in [0.717, 1.165) is 19.7 Å². The molecule has 1 heterocycles. The lowest BCUT2D eigenvalue weighted by Crippen LogP contribution is -2.40. The van der Waals surface area contributed by atoms with E-state index in [2.05, 4.69) is 17.6 Å². The summed E-state index contributed by atoms with van der Waals surface area (Å²) in [5.74, 6) is 0. The first-order chi connectivity index (χ1) is 5.33. The van der Waals surface area contributed by atoms with Crippen LogP contribution in [0.25, 0.3) is 0 Å². The zero-order valence-electron chi connectivity index (χ0n) is 7.39. The Morgan fingerprint density at radius 2 is 2.55 bits per heavy atom. The summed E-state index contributed by atoms with van der Waals surface area (Å²) in [6.45, 7) is 5.21. The molecular weight excluding hydrogens is 140 g/mol. The molecule has 0 aliphatic carbocycles. The zero-order chi connectivity index (χ0) is 8.10. The number of nitrogens with one attached hydrogen (secondary N) is 2. The molecule has 1 aliphatic rings. The van der Waals surface area contributed by atoms with E-state index in [4.69, 9.17) is 4.74 Å². The Kier molecular flexibility index (Phi) is 3.83. The Labute approximate surface area is 68.5 Å². The summed E-state index contributed by atoms with van der Waals surface area (Å²) in [6.07, 6.45) is 1.24. The van der Waals surface area contributed by atoms with Crippen LogP contribution in [0.5, 0.6) is 0 Å². The lowest BCUT2D eigenvalue weighted by molar-refractivity contribution is 0.167. The van der Waals surface area contributed by atoms with Gasteiger partial charge in [-0.1, -0.05) is 0 Å². The van der Waals surface area contributed by atoms with Gasteiger partial charge in [-0.05, 0) is 19.9 Å². The van der Waals surface area contributed by atoms with Crippen molar-refractivity contribution in [1.29, 1.82) is 0 Å². The second-order valence-electron chi connectivity index (χ2n) is 3.21. The van der Waals surface area contributed by atoms with Crippen LogP contribution in [-0.4, -0.2) is 38.9 Å². The van der Waals surface area contributed by atoms with Gasteiger partial charge in [0.2, 0.25) is 0 Å². The fourth-order valence-electron chi connectivity index (χ4n) is 1.50. The highest BCUT2D eigenvalue weighted by atomic mass is 16.5. The Hall–Kier alpha value is -0.120. The lowest BCUT2D eigenvalue weighted by atomic mass is 10.2. The van der Waals surface area contributed by atoms with Crippen molar-refractivity contribution in [3.05, 3.63) is 0 Å². The largest absolute Gasteiger partial charge is 0.383 e. The Balaban J connectivity index is 2.08. The van der Waals surface area contributed by atoms with Gasteiger partial charge in [-0.25, -0.2) is 0 Å². The molecule has 0 aromatic rings. The second kappa shape index (κ2) is 4.70. The monoisotopic (exact) mass is 158 g/mol. The molecule has 2 atom stereocenters. The van der Waals surface area contributed by atoms with E-state index in [1.165, 1.54) is 6.42 Å². The van der Waals surface area contributed by atoms with Gasteiger partial charge in [-0.3, -0.25) is 0 Å². The first-order valence-corrected chi connectivity index (χ1v) is 4.28. The van der Waals surface area contributed by atoms with E-state index < -0.39 is 0 Å². The highest BCUT2D eigenvalue weighted by Gasteiger charge is 2.15. The SMILES string of the molecule is COCC(C)NC1CCNC1. The maximum atomic E-state index is 5.03. The van der Waals surface area contributed by atoms with E-state index in [9.17, 15) is 0 Å². The van der Waals surface area contributed by atoms with Gasteiger partial charge in [-0.2, -0.15) is 0 Å². The van der Waals surface area contributed by atoms with E-state index in [0.29, 0.717) is 12.1 Å². The molecule has 0 spiro atoms. The average Bonchev–Trinajstić information content (AvgIpc) is 2.40. The highest BCUT2D eigenvalue weighted by molar-refractivity contribution is 4.79. The van der Waals surface area contributed by atoms with Crippen molar-refractivity contribution in [3.63, 3.8) is 0 Å². The number of hydrogen-bond donors (Lipinski definition) is 2. The molecule has 2 N–H and O–H groups in total. The molecule has 66 valence electrons. The normalized spacial score (nSPS) is 27.3. The minimum atomic E-state index is 0.477. The van der Waals surface area contributed by atoms with Crippen molar-refractivity contribution in [2.24, 2.45) is 0 Å². The molecule has 1 fully saturated rings. The fourth-order valence-corrected chi connectivity index (χ4v) is 1.50. The van der Waals surface area contributed by atoms with Crippen LogP contribution in [-0.2, 0) is 4.74 Å². The Bertz CT molecular complexity index is 102. The number of hydrogen-bond acceptors (Lipinski definition) is 3. The van der Waals surface area contributed by atoms with Crippen LogP contribution in [0.1, 0.15) is 13.3 Å². The fraction of sp³-hybridized carbons (Fsp3) is 1.00. The van der Waals surface area contributed by atoms with Gasteiger partial charge in [0.25, 0.3) is 0 Å². The van der Waals surface area contributed by atoms with Crippen molar-refractivity contribution >= 4 is 0 Å². The summed E-state index contributed by atoms with van der Waals surface area (Å²) in [5, 5.41) is 6.81. The molecule has 0 aromatic carbocycles. The van der Waals surface area contributed by atoms with Crippen molar-refractivity contribution in [2.75, 3.05) is 26.8 Å². The van der Waals surface area contributed by atoms with E-state index in [1.807, 2.05) is 0 Å². The molecule has 1 saturated heterocycles. The van der Waals surface area contributed by atoms with Crippen LogP contribution < -0.4 is 10.6 Å². The molecule has 1 aliphatic heterocycles. The molecule has 3 nitrogen and oxygen atoms in total. The summed E-state index contributed by atoms with van der Waals surface area (Å²) in [6, 6.07) is 1.13. The van der Waals surface area contributed by atoms with Crippen LogP contribution in [0, 0.1) is 0 Å². The van der Waals surface area contributed by atoms with E-state index >= 15 is 0 Å². The third-order valence-electron chi connectivity index (χ3n) is 2.00. The van der Waals surface area contributed by atoms with Gasteiger partial charge in [-0.15, -0.1) is 0 Å². The maximum Gasteiger partial charge on any atom is 0.0613 e. The van der Waals surface area contributed by atoms with Crippen molar-refractivity contribution in [3.8, 4) is 0 Å². The molecule has 0 saturated carbocycles. The second-order valence-corrected chi connectivity index (χ2v) is 3.21. The van der Waals surface area contributed by atoms with Crippen LogP contribution >= 0.6 is 0 Å². The topological polar surface area (TPSA) is 33.3 Å². The quantitative estimate of drug-likeness (QED) is 0.603.